The third-order valence-electron chi connectivity index (χ3n) is 5.35. The predicted octanol–water partition coefficient (Wildman–Crippen LogP) is 1.19. The monoisotopic (exact) mass is 478 g/mol. The number of carbonyl (C=O) groups excluding carboxylic acids is 1. The summed E-state index contributed by atoms with van der Waals surface area (Å²) in [5.74, 6) is -0.159. The van der Waals surface area contributed by atoms with Crippen molar-refractivity contribution in [3.8, 4) is 0 Å². The van der Waals surface area contributed by atoms with Crippen LogP contribution in [0.25, 0.3) is 11.2 Å². The van der Waals surface area contributed by atoms with Gasteiger partial charge >= 0.3 is 5.69 Å². The third kappa shape index (κ3) is 4.15. The predicted molar refractivity (Wildman–Crippen MR) is 125 cm³/mol. The first-order valence-electron chi connectivity index (χ1n) is 9.95. The quantitative estimate of drug-likeness (QED) is 0.549. The van der Waals surface area contributed by atoms with Crippen molar-refractivity contribution in [3.63, 3.8) is 0 Å². The standard InChI is InChI=1S/C20H23ClN6O4S/c1-24-16-17(25(2)20(30)26(3)18(16)29)23-19(24)32-11-15(28)22-12-4-5-14(13(21)10-12)27-6-8-31-9-7-27/h4-5,10H,6-9,11H2,1-3H3,(H,22,28). The summed E-state index contributed by atoms with van der Waals surface area (Å²) in [4.78, 5) is 43.6. The van der Waals surface area contributed by atoms with E-state index in [1.165, 1.54) is 23.4 Å². The molecule has 0 spiro atoms. The van der Waals surface area contributed by atoms with Crippen molar-refractivity contribution in [2.45, 2.75) is 5.16 Å². The highest BCUT2D eigenvalue weighted by Crippen LogP contribution is 2.29. The van der Waals surface area contributed by atoms with Crippen LogP contribution in [0.2, 0.25) is 5.02 Å². The van der Waals surface area contributed by atoms with Gasteiger partial charge in [-0.3, -0.25) is 18.7 Å². The van der Waals surface area contributed by atoms with Gasteiger partial charge in [-0.15, -0.1) is 0 Å². The first-order chi connectivity index (χ1) is 15.3. The molecule has 12 heteroatoms. The van der Waals surface area contributed by atoms with Gasteiger partial charge in [0.15, 0.2) is 16.3 Å². The Balaban J connectivity index is 1.46. The summed E-state index contributed by atoms with van der Waals surface area (Å²) in [6.07, 6.45) is 0. The number of hydrogen-bond donors (Lipinski definition) is 1. The summed E-state index contributed by atoms with van der Waals surface area (Å²) >= 11 is 7.61. The van der Waals surface area contributed by atoms with E-state index in [2.05, 4.69) is 15.2 Å². The lowest BCUT2D eigenvalue weighted by atomic mass is 10.2. The molecule has 1 saturated heterocycles. The van der Waals surface area contributed by atoms with Gasteiger partial charge in [-0.1, -0.05) is 23.4 Å². The molecule has 170 valence electrons. The average molecular weight is 479 g/mol. The van der Waals surface area contributed by atoms with Crippen LogP contribution < -0.4 is 21.5 Å². The van der Waals surface area contributed by atoms with Gasteiger partial charge < -0.3 is 19.5 Å². The Labute approximate surface area is 192 Å². The van der Waals surface area contributed by atoms with Crippen molar-refractivity contribution in [1.82, 2.24) is 18.7 Å². The fraction of sp³-hybridized carbons (Fsp3) is 0.400. The number of fused-ring (bicyclic) bond motifs is 1. The number of carbonyl (C=O) groups is 1. The Morgan fingerprint density at radius 1 is 1.16 bits per heavy atom. The summed E-state index contributed by atoms with van der Waals surface area (Å²) < 4.78 is 9.32. The molecule has 1 aromatic carbocycles. The minimum Gasteiger partial charge on any atom is -0.378 e. The lowest BCUT2D eigenvalue weighted by Gasteiger charge is -2.29. The second kappa shape index (κ2) is 9.00. The Bertz CT molecular complexity index is 1310. The van der Waals surface area contributed by atoms with E-state index in [-0.39, 0.29) is 17.3 Å². The van der Waals surface area contributed by atoms with Crippen LogP contribution in [0.3, 0.4) is 0 Å². The van der Waals surface area contributed by atoms with Crippen LogP contribution in [0.1, 0.15) is 0 Å². The van der Waals surface area contributed by atoms with E-state index in [1.54, 1.807) is 24.7 Å². The maximum absolute atomic E-state index is 12.5. The van der Waals surface area contributed by atoms with Gasteiger partial charge in [0.25, 0.3) is 5.56 Å². The molecule has 3 heterocycles. The Morgan fingerprint density at radius 3 is 2.56 bits per heavy atom. The summed E-state index contributed by atoms with van der Waals surface area (Å²) in [6, 6.07) is 5.43. The molecule has 2 aromatic heterocycles. The number of rotatable bonds is 5. The average Bonchev–Trinajstić information content (AvgIpc) is 3.12. The normalized spacial score (nSPS) is 14.2. The number of imidazole rings is 1. The molecule has 10 nitrogen and oxygen atoms in total. The molecule has 0 bridgehead atoms. The maximum Gasteiger partial charge on any atom is 0.332 e. The SMILES string of the molecule is Cn1c(=O)c2c(nc(SCC(=O)Nc3ccc(N4CCOCC4)c(Cl)c3)n2C)n(C)c1=O. The van der Waals surface area contributed by atoms with Gasteiger partial charge in [-0.05, 0) is 18.2 Å². The molecule has 0 radical (unpaired) electrons. The maximum atomic E-state index is 12.5. The number of aryl methyl sites for hydroxylation is 2. The molecule has 1 amide bonds. The van der Waals surface area contributed by atoms with Gasteiger partial charge in [0.2, 0.25) is 5.91 Å². The lowest BCUT2D eigenvalue weighted by molar-refractivity contribution is -0.113. The Kier molecular flexibility index (Phi) is 6.31. The summed E-state index contributed by atoms with van der Waals surface area (Å²) in [6.45, 7) is 2.87. The van der Waals surface area contributed by atoms with Gasteiger partial charge in [-0.25, -0.2) is 9.78 Å². The highest BCUT2D eigenvalue weighted by atomic mass is 35.5. The number of benzene rings is 1. The smallest absolute Gasteiger partial charge is 0.332 e. The Morgan fingerprint density at radius 2 is 1.88 bits per heavy atom. The minimum absolute atomic E-state index is 0.0776. The number of anilines is 2. The van der Waals surface area contributed by atoms with E-state index in [1.807, 2.05) is 12.1 Å². The van der Waals surface area contributed by atoms with Crippen molar-refractivity contribution in [3.05, 3.63) is 44.1 Å². The molecule has 1 aliphatic rings. The molecule has 1 aliphatic heterocycles. The fourth-order valence-corrected chi connectivity index (χ4v) is 4.67. The largest absolute Gasteiger partial charge is 0.378 e. The van der Waals surface area contributed by atoms with E-state index >= 15 is 0 Å². The second-order valence-electron chi connectivity index (χ2n) is 7.43. The highest BCUT2D eigenvalue weighted by molar-refractivity contribution is 7.99. The van der Waals surface area contributed by atoms with E-state index in [0.29, 0.717) is 34.6 Å². The van der Waals surface area contributed by atoms with Crippen LogP contribution in [-0.2, 0) is 30.7 Å². The Hall–Kier alpha value is -2.76. The van der Waals surface area contributed by atoms with Crippen molar-refractivity contribution in [1.29, 1.82) is 0 Å². The zero-order valence-electron chi connectivity index (χ0n) is 17.9. The summed E-state index contributed by atoms with van der Waals surface area (Å²) in [7, 11) is 4.67. The van der Waals surface area contributed by atoms with E-state index in [4.69, 9.17) is 16.3 Å². The summed E-state index contributed by atoms with van der Waals surface area (Å²) in [5.41, 5.74) is 1.22. The van der Waals surface area contributed by atoms with Crippen LogP contribution in [0.4, 0.5) is 11.4 Å². The molecule has 4 rings (SSSR count). The lowest BCUT2D eigenvalue weighted by Crippen LogP contribution is -2.37. The van der Waals surface area contributed by atoms with Crippen LogP contribution in [0, 0.1) is 0 Å². The molecule has 1 fully saturated rings. The molecule has 0 aliphatic carbocycles. The van der Waals surface area contributed by atoms with E-state index in [0.717, 1.165) is 23.3 Å². The molecule has 0 atom stereocenters. The van der Waals surface area contributed by atoms with Crippen LogP contribution in [0.15, 0.2) is 32.9 Å². The molecule has 32 heavy (non-hydrogen) atoms. The third-order valence-corrected chi connectivity index (χ3v) is 6.68. The number of morpholine rings is 1. The summed E-state index contributed by atoms with van der Waals surface area (Å²) in [5, 5.41) is 3.86. The molecule has 0 saturated carbocycles. The van der Waals surface area contributed by atoms with Crippen molar-refractivity contribution in [2.24, 2.45) is 21.1 Å². The zero-order valence-corrected chi connectivity index (χ0v) is 19.5. The fourth-order valence-electron chi connectivity index (χ4n) is 3.60. The number of hydrogen-bond acceptors (Lipinski definition) is 7. The minimum atomic E-state index is -0.452. The van der Waals surface area contributed by atoms with Crippen LogP contribution in [-0.4, -0.2) is 56.6 Å². The van der Waals surface area contributed by atoms with Crippen molar-refractivity contribution < 1.29 is 9.53 Å². The number of halogens is 1. The van der Waals surface area contributed by atoms with Gasteiger partial charge in [0, 0.05) is 39.9 Å². The first kappa shape index (κ1) is 22.4. The van der Waals surface area contributed by atoms with Gasteiger partial charge in [0.05, 0.1) is 29.7 Å². The highest BCUT2D eigenvalue weighted by Gasteiger charge is 2.19. The number of amides is 1. The number of nitrogens with zero attached hydrogens (tertiary/aromatic N) is 5. The van der Waals surface area contributed by atoms with Crippen molar-refractivity contribution >= 4 is 51.8 Å². The van der Waals surface area contributed by atoms with Crippen LogP contribution >= 0.6 is 23.4 Å². The zero-order chi connectivity index (χ0) is 23.0. The molecular formula is C20H23ClN6O4S. The number of nitrogens with one attached hydrogen (secondary N) is 1. The first-order valence-corrected chi connectivity index (χ1v) is 11.3. The van der Waals surface area contributed by atoms with Gasteiger partial charge in [0.1, 0.15) is 0 Å². The second-order valence-corrected chi connectivity index (χ2v) is 8.78. The van der Waals surface area contributed by atoms with Gasteiger partial charge in [-0.2, -0.15) is 0 Å². The van der Waals surface area contributed by atoms with E-state index in [9.17, 15) is 14.4 Å². The molecule has 3 aromatic rings. The van der Waals surface area contributed by atoms with Crippen molar-refractivity contribution in [2.75, 3.05) is 42.3 Å². The van der Waals surface area contributed by atoms with Crippen LogP contribution in [0.5, 0.6) is 0 Å². The number of ether oxygens (including phenoxy) is 1. The topological polar surface area (TPSA) is 103 Å². The van der Waals surface area contributed by atoms with E-state index < -0.39 is 11.2 Å². The number of thioether (sulfide) groups is 1. The molecular weight excluding hydrogens is 456 g/mol. The molecule has 1 N–H and O–H groups in total. The molecule has 0 unspecified atom stereocenters. The number of aromatic nitrogens is 4.